The van der Waals surface area contributed by atoms with Crippen molar-refractivity contribution in [2.75, 3.05) is 17.2 Å². The number of hydrogen-bond acceptors (Lipinski definition) is 5. The first-order valence-electron chi connectivity index (χ1n) is 7.34. The molecule has 2 rings (SSSR count). The van der Waals surface area contributed by atoms with Crippen LogP contribution in [0.3, 0.4) is 0 Å². The summed E-state index contributed by atoms with van der Waals surface area (Å²) in [6, 6.07) is 6.87. The second-order valence-electron chi connectivity index (χ2n) is 4.64. The third-order valence-electron chi connectivity index (χ3n) is 2.85. The minimum atomic E-state index is -0.331. The van der Waals surface area contributed by atoms with E-state index in [4.69, 9.17) is 4.74 Å². The van der Waals surface area contributed by atoms with Crippen LogP contribution < -0.4 is 15.4 Å². The lowest BCUT2D eigenvalue weighted by Crippen LogP contribution is -2.19. The van der Waals surface area contributed by atoms with E-state index in [-0.39, 0.29) is 6.03 Å². The van der Waals surface area contributed by atoms with Crippen molar-refractivity contribution in [3.63, 3.8) is 0 Å². The van der Waals surface area contributed by atoms with Crippen LogP contribution >= 0.6 is 11.3 Å². The Balaban J connectivity index is 1.85. The maximum absolute atomic E-state index is 11.9. The molecule has 1 heterocycles. The SMILES string of the molecule is CCCCc1nnc(NC(=O)Nc2ccc(OCC)cc2)s1. The molecular formula is C15H20N4O2S. The number of carbonyl (C=O) groups excluding carboxylic acids is 1. The summed E-state index contributed by atoms with van der Waals surface area (Å²) in [6.45, 7) is 4.67. The van der Waals surface area contributed by atoms with Gasteiger partial charge in [-0.15, -0.1) is 10.2 Å². The third-order valence-corrected chi connectivity index (χ3v) is 3.75. The quantitative estimate of drug-likeness (QED) is 0.810. The molecule has 0 fully saturated rings. The standard InChI is InChI=1S/C15H20N4O2S/c1-3-5-6-13-18-19-15(22-13)17-14(20)16-11-7-9-12(10-8-11)21-4-2/h7-10H,3-6H2,1-2H3,(H2,16,17,19,20). The molecule has 2 N–H and O–H groups in total. The van der Waals surface area contributed by atoms with Crippen molar-refractivity contribution in [2.24, 2.45) is 0 Å². The number of urea groups is 1. The molecule has 0 radical (unpaired) electrons. The van der Waals surface area contributed by atoms with Gasteiger partial charge in [-0.25, -0.2) is 4.79 Å². The summed E-state index contributed by atoms with van der Waals surface area (Å²) in [5.41, 5.74) is 0.691. The lowest BCUT2D eigenvalue weighted by molar-refractivity contribution is 0.262. The Morgan fingerprint density at radius 2 is 1.95 bits per heavy atom. The number of aryl methyl sites for hydroxylation is 1. The highest BCUT2D eigenvalue weighted by Gasteiger charge is 2.08. The molecule has 118 valence electrons. The van der Waals surface area contributed by atoms with Gasteiger partial charge >= 0.3 is 6.03 Å². The van der Waals surface area contributed by atoms with Gasteiger partial charge in [0.1, 0.15) is 10.8 Å². The maximum atomic E-state index is 11.9. The van der Waals surface area contributed by atoms with Crippen LogP contribution in [0.2, 0.25) is 0 Å². The first kappa shape index (κ1) is 16.2. The Hall–Kier alpha value is -2.15. The van der Waals surface area contributed by atoms with Crippen molar-refractivity contribution in [3.05, 3.63) is 29.3 Å². The minimum Gasteiger partial charge on any atom is -0.494 e. The summed E-state index contributed by atoms with van der Waals surface area (Å²) in [5, 5.41) is 14.9. The largest absolute Gasteiger partial charge is 0.494 e. The van der Waals surface area contributed by atoms with E-state index in [0.29, 0.717) is 17.4 Å². The van der Waals surface area contributed by atoms with Gasteiger partial charge in [0.05, 0.1) is 6.61 Å². The Labute approximate surface area is 133 Å². The van der Waals surface area contributed by atoms with Gasteiger partial charge in [0.15, 0.2) is 0 Å². The Morgan fingerprint density at radius 1 is 1.18 bits per heavy atom. The van der Waals surface area contributed by atoms with Crippen molar-refractivity contribution in [2.45, 2.75) is 33.1 Å². The number of rotatable bonds is 7. The number of ether oxygens (including phenoxy) is 1. The number of aromatic nitrogens is 2. The molecule has 0 bridgehead atoms. The van der Waals surface area contributed by atoms with Crippen LogP contribution in [0.25, 0.3) is 0 Å². The van der Waals surface area contributed by atoms with Crippen LogP contribution in [0.4, 0.5) is 15.6 Å². The molecule has 7 heteroatoms. The van der Waals surface area contributed by atoms with Gasteiger partial charge in [-0.05, 0) is 37.6 Å². The van der Waals surface area contributed by atoms with Gasteiger partial charge in [0.2, 0.25) is 5.13 Å². The number of anilines is 2. The van der Waals surface area contributed by atoms with Crippen LogP contribution in [0.1, 0.15) is 31.7 Å². The zero-order valence-electron chi connectivity index (χ0n) is 12.8. The van der Waals surface area contributed by atoms with Crippen LogP contribution in [-0.4, -0.2) is 22.8 Å². The fourth-order valence-electron chi connectivity index (χ4n) is 1.79. The van der Waals surface area contributed by atoms with Crippen molar-refractivity contribution in [1.82, 2.24) is 10.2 Å². The molecule has 1 aromatic carbocycles. The smallest absolute Gasteiger partial charge is 0.325 e. The first-order valence-corrected chi connectivity index (χ1v) is 8.16. The van der Waals surface area contributed by atoms with Crippen LogP contribution in [0, 0.1) is 0 Å². The highest BCUT2D eigenvalue weighted by Crippen LogP contribution is 2.18. The number of hydrogen-bond donors (Lipinski definition) is 2. The van der Waals surface area contributed by atoms with Gasteiger partial charge in [-0.3, -0.25) is 5.32 Å². The monoisotopic (exact) mass is 320 g/mol. The van der Waals surface area contributed by atoms with E-state index >= 15 is 0 Å². The molecule has 1 aromatic heterocycles. The predicted octanol–water partition coefficient (Wildman–Crippen LogP) is 3.92. The van der Waals surface area contributed by atoms with E-state index in [2.05, 4.69) is 27.8 Å². The zero-order chi connectivity index (χ0) is 15.8. The lowest BCUT2D eigenvalue weighted by Gasteiger charge is -2.06. The number of nitrogens with zero attached hydrogens (tertiary/aromatic N) is 2. The minimum absolute atomic E-state index is 0.331. The highest BCUT2D eigenvalue weighted by molar-refractivity contribution is 7.15. The van der Waals surface area contributed by atoms with E-state index in [1.165, 1.54) is 11.3 Å². The molecule has 0 unspecified atom stereocenters. The van der Waals surface area contributed by atoms with Gasteiger partial charge in [-0.1, -0.05) is 24.7 Å². The summed E-state index contributed by atoms with van der Waals surface area (Å²) < 4.78 is 5.35. The summed E-state index contributed by atoms with van der Waals surface area (Å²) in [4.78, 5) is 11.9. The van der Waals surface area contributed by atoms with Crippen molar-refractivity contribution < 1.29 is 9.53 Å². The zero-order valence-corrected chi connectivity index (χ0v) is 13.6. The molecule has 6 nitrogen and oxygen atoms in total. The number of benzene rings is 1. The normalized spacial score (nSPS) is 10.3. The molecule has 2 amide bonds. The number of unbranched alkanes of at least 4 members (excludes halogenated alkanes) is 1. The second-order valence-corrected chi connectivity index (χ2v) is 5.70. The molecule has 22 heavy (non-hydrogen) atoms. The topological polar surface area (TPSA) is 76.1 Å². The van der Waals surface area contributed by atoms with Crippen molar-refractivity contribution in [3.8, 4) is 5.75 Å². The van der Waals surface area contributed by atoms with Crippen LogP contribution in [-0.2, 0) is 6.42 Å². The summed E-state index contributed by atoms with van der Waals surface area (Å²) in [7, 11) is 0. The Kier molecular flexibility index (Phi) is 6.14. The fourth-order valence-corrected chi connectivity index (χ4v) is 2.57. The van der Waals surface area contributed by atoms with E-state index in [1.807, 2.05) is 19.1 Å². The van der Waals surface area contributed by atoms with Gasteiger partial charge < -0.3 is 10.1 Å². The molecule has 0 aliphatic carbocycles. The molecule has 0 aliphatic rings. The highest BCUT2D eigenvalue weighted by atomic mass is 32.1. The van der Waals surface area contributed by atoms with E-state index in [9.17, 15) is 4.79 Å². The number of carbonyl (C=O) groups is 1. The maximum Gasteiger partial charge on any atom is 0.325 e. The summed E-state index contributed by atoms with van der Waals surface area (Å²) in [6.07, 6.45) is 3.09. The first-order chi connectivity index (χ1) is 10.7. The molecule has 2 aromatic rings. The van der Waals surface area contributed by atoms with Crippen LogP contribution in [0.15, 0.2) is 24.3 Å². The Morgan fingerprint density at radius 3 is 2.64 bits per heavy atom. The van der Waals surface area contributed by atoms with Gasteiger partial charge in [0.25, 0.3) is 0 Å². The molecule has 0 saturated heterocycles. The molecule has 0 spiro atoms. The van der Waals surface area contributed by atoms with Crippen molar-refractivity contribution >= 4 is 28.2 Å². The molecule has 0 atom stereocenters. The summed E-state index contributed by atoms with van der Waals surface area (Å²) >= 11 is 1.41. The van der Waals surface area contributed by atoms with Crippen molar-refractivity contribution in [1.29, 1.82) is 0 Å². The Bertz CT molecular complexity index is 598. The van der Waals surface area contributed by atoms with Gasteiger partial charge in [0, 0.05) is 12.1 Å². The predicted molar refractivity (Wildman–Crippen MR) is 88.8 cm³/mol. The lowest BCUT2D eigenvalue weighted by atomic mass is 10.3. The second kappa shape index (κ2) is 8.33. The van der Waals surface area contributed by atoms with E-state index in [0.717, 1.165) is 30.0 Å². The average Bonchev–Trinajstić information content (AvgIpc) is 2.94. The third kappa shape index (κ3) is 5.00. The summed E-state index contributed by atoms with van der Waals surface area (Å²) in [5.74, 6) is 0.776. The fraction of sp³-hybridized carbons (Fsp3) is 0.400. The number of amides is 2. The van der Waals surface area contributed by atoms with Crippen LogP contribution in [0.5, 0.6) is 5.75 Å². The van der Waals surface area contributed by atoms with E-state index in [1.54, 1.807) is 12.1 Å². The van der Waals surface area contributed by atoms with Gasteiger partial charge in [-0.2, -0.15) is 0 Å². The van der Waals surface area contributed by atoms with E-state index < -0.39 is 0 Å². The number of nitrogens with one attached hydrogen (secondary N) is 2. The average molecular weight is 320 g/mol. The molecule has 0 aliphatic heterocycles. The molecule has 0 saturated carbocycles. The molecular weight excluding hydrogens is 300 g/mol.